The predicted molar refractivity (Wildman–Crippen MR) is 101 cm³/mol. The number of carbonyl (C=O) groups excluding carboxylic acids is 2. The maximum Gasteiger partial charge on any atom is 0.241 e. The van der Waals surface area contributed by atoms with E-state index in [2.05, 4.69) is 10.4 Å². The second kappa shape index (κ2) is 8.22. The Hall–Kier alpha value is -2.87. The Bertz CT molecular complexity index is 886. The van der Waals surface area contributed by atoms with E-state index >= 15 is 0 Å². The van der Waals surface area contributed by atoms with Gasteiger partial charge in [0.1, 0.15) is 23.5 Å². The zero-order valence-corrected chi connectivity index (χ0v) is 15.6. The number of carbonyl (C=O) groups is 2. The first kappa shape index (κ1) is 18.9. The van der Waals surface area contributed by atoms with Gasteiger partial charge in [-0.05, 0) is 23.8 Å². The van der Waals surface area contributed by atoms with Gasteiger partial charge in [-0.3, -0.25) is 9.59 Å². The van der Waals surface area contributed by atoms with Gasteiger partial charge < -0.3 is 10.1 Å². The number of rotatable bonds is 4. The monoisotopic (exact) mass is 387 g/mol. The van der Waals surface area contributed by atoms with Crippen LogP contribution in [0.25, 0.3) is 0 Å². The normalized spacial score (nSPS) is 16.0. The molecular formula is C19H18FN3O3S. The molecule has 6 nitrogen and oxygen atoms in total. The number of thioether (sulfide) groups is 1. The number of hydrazone groups is 1. The van der Waals surface area contributed by atoms with Crippen molar-refractivity contribution in [3.05, 3.63) is 65.5 Å². The molecule has 1 aliphatic rings. The van der Waals surface area contributed by atoms with Gasteiger partial charge in [-0.25, -0.2) is 9.40 Å². The van der Waals surface area contributed by atoms with Crippen molar-refractivity contribution in [1.29, 1.82) is 0 Å². The molecule has 0 saturated heterocycles. The van der Waals surface area contributed by atoms with Crippen molar-refractivity contribution in [2.75, 3.05) is 0 Å². The summed E-state index contributed by atoms with van der Waals surface area (Å²) in [6, 6.07) is 13.6. The molecule has 140 valence electrons. The van der Waals surface area contributed by atoms with E-state index in [0.717, 1.165) is 5.56 Å². The Labute approximate surface area is 160 Å². The fourth-order valence-electron chi connectivity index (χ4n) is 2.48. The third-order valence-electron chi connectivity index (χ3n) is 3.77. The lowest BCUT2D eigenvalue weighted by Crippen LogP contribution is -2.25. The maximum atomic E-state index is 13.6. The highest BCUT2D eigenvalue weighted by molar-refractivity contribution is 8.14. The summed E-state index contributed by atoms with van der Waals surface area (Å²) in [7, 11) is 0. The molecule has 27 heavy (non-hydrogen) atoms. The third-order valence-corrected chi connectivity index (χ3v) is 4.87. The van der Waals surface area contributed by atoms with E-state index in [1.807, 2.05) is 12.1 Å². The molecule has 2 amide bonds. The van der Waals surface area contributed by atoms with Crippen LogP contribution < -0.4 is 10.1 Å². The Morgan fingerprint density at radius 3 is 2.52 bits per heavy atom. The third kappa shape index (κ3) is 4.65. The Balaban J connectivity index is 1.68. The summed E-state index contributed by atoms with van der Waals surface area (Å²) in [4.78, 5) is 23.1. The molecule has 1 aliphatic heterocycles. The molecule has 0 spiro atoms. The molecule has 0 bridgehead atoms. The number of nitrogens with one attached hydrogen (secondary N) is 1. The lowest BCUT2D eigenvalue weighted by atomic mass is 10.2. The van der Waals surface area contributed by atoms with Crippen LogP contribution in [0.1, 0.15) is 30.3 Å². The number of ether oxygens (including phenoxy) is 1. The van der Waals surface area contributed by atoms with Gasteiger partial charge in [-0.15, -0.1) is 5.10 Å². The summed E-state index contributed by atoms with van der Waals surface area (Å²) in [5.74, 6) is -0.200. The SMILES string of the molecule is CC(=O)NC1=NN(C(C)=O)[C@H](c2ccc(OCc3ccccc3F)cc2)S1. The maximum absolute atomic E-state index is 13.6. The predicted octanol–water partition coefficient (Wildman–Crippen LogP) is 3.41. The summed E-state index contributed by atoms with van der Waals surface area (Å²) in [5.41, 5.74) is 1.31. The molecule has 1 N–H and O–H groups in total. The van der Waals surface area contributed by atoms with Crippen molar-refractivity contribution in [3.63, 3.8) is 0 Å². The molecular weight excluding hydrogens is 369 g/mol. The summed E-state index contributed by atoms with van der Waals surface area (Å²) in [6.45, 7) is 2.93. The average molecular weight is 387 g/mol. The molecule has 0 unspecified atom stereocenters. The molecule has 1 atom stereocenters. The molecule has 0 saturated carbocycles. The van der Waals surface area contributed by atoms with Crippen LogP contribution in [0, 0.1) is 5.82 Å². The van der Waals surface area contributed by atoms with Crippen LogP contribution in [0.15, 0.2) is 53.6 Å². The fourth-order valence-corrected chi connectivity index (χ4v) is 3.62. The van der Waals surface area contributed by atoms with Crippen molar-refractivity contribution in [2.24, 2.45) is 5.10 Å². The van der Waals surface area contributed by atoms with Crippen molar-refractivity contribution < 1.29 is 18.7 Å². The number of amides is 2. The lowest BCUT2D eigenvalue weighted by molar-refractivity contribution is -0.129. The minimum atomic E-state index is -0.370. The smallest absolute Gasteiger partial charge is 0.241 e. The quantitative estimate of drug-likeness (QED) is 0.873. The van der Waals surface area contributed by atoms with Crippen LogP contribution in [-0.4, -0.2) is 22.0 Å². The first-order valence-electron chi connectivity index (χ1n) is 8.23. The molecule has 0 fully saturated rings. The van der Waals surface area contributed by atoms with E-state index in [0.29, 0.717) is 16.5 Å². The molecule has 3 rings (SSSR count). The van der Waals surface area contributed by atoms with Crippen LogP contribution in [0.5, 0.6) is 5.75 Å². The summed E-state index contributed by atoms with van der Waals surface area (Å²) in [6.07, 6.45) is 0. The number of benzene rings is 2. The van der Waals surface area contributed by atoms with Gasteiger partial charge >= 0.3 is 0 Å². The number of nitrogens with zero attached hydrogens (tertiary/aromatic N) is 2. The minimum Gasteiger partial charge on any atom is -0.489 e. The van der Waals surface area contributed by atoms with E-state index in [1.54, 1.807) is 30.3 Å². The topological polar surface area (TPSA) is 71.0 Å². The fraction of sp³-hybridized carbons (Fsp3) is 0.211. The van der Waals surface area contributed by atoms with Gasteiger partial charge in [0.15, 0.2) is 5.17 Å². The highest BCUT2D eigenvalue weighted by atomic mass is 32.2. The summed E-state index contributed by atoms with van der Waals surface area (Å²) in [5, 5.41) is 8.09. The van der Waals surface area contributed by atoms with Crippen LogP contribution in [0.2, 0.25) is 0 Å². The van der Waals surface area contributed by atoms with Crippen molar-refractivity contribution in [3.8, 4) is 5.75 Å². The Morgan fingerprint density at radius 1 is 1.19 bits per heavy atom. The highest BCUT2D eigenvalue weighted by Crippen LogP contribution is 2.39. The van der Waals surface area contributed by atoms with E-state index < -0.39 is 0 Å². The van der Waals surface area contributed by atoms with E-state index in [1.165, 1.54) is 36.7 Å². The molecule has 1 heterocycles. The minimum absolute atomic E-state index is 0.125. The van der Waals surface area contributed by atoms with Gasteiger partial charge in [0.2, 0.25) is 11.8 Å². The van der Waals surface area contributed by atoms with E-state index in [4.69, 9.17) is 4.74 Å². The zero-order valence-electron chi connectivity index (χ0n) is 14.8. The largest absolute Gasteiger partial charge is 0.489 e. The first-order chi connectivity index (χ1) is 12.9. The summed E-state index contributed by atoms with van der Waals surface area (Å²) < 4.78 is 19.3. The van der Waals surface area contributed by atoms with Crippen LogP contribution in [-0.2, 0) is 16.2 Å². The van der Waals surface area contributed by atoms with Crippen molar-refractivity contribution in [2.45, 2.75) is 25.8 Å². The Morgan fingerprint density at radius 2 is 1.89 bits per heavy atom. The number of hydrogen-bond acceptors (Lipinski definition) is 5. The van der Waals surface area contributed by atoms with E-state index in [9.17, 15) is 14.0 Å². The Kier molecular flexibility index (Phi) is 5.75. The molecule has 2 aromatic rings. The molecule has 8 heteroatoms. The summed E-state index contributed by atoms with van der Waals surface area (Å²) >= 11 is 1.28. The standard InChI is InChI=1S/C19H18FN3O3S/c1-12(24)21-19-22-23(13(2)25)18(27-19)14-7-9-16(10-8-14)26-11-15-5-3-4-6-17(15)20/h3-10,18H,11H2,1-2H3,(H,21,22,24)/t18-/m0/s1. The zero-order chi connectivity index (χ0) is 19.4. The van der Waals surface area contributed by atoms with Gasteiger partial charge in [0.25, 0.3) is 0 Å². The molecule has 0 aliphatic carbocycles. The van der Waals surface area contributed by atoms with Crippen LogP contribution in [0.4, 0.5) is 4.39 Å². The molecule has 0 aromatic heterocycles. The average Bonchev–Trinajstić information content (AvgIpc) is 3.05. The van der Waals surface area contributed by atoms with Crippen molar-refractivity contribution >= 4 is 28.7 Å². The van der Waals surface area contributed by atoms with Crippen LogP contribution in [0.3, 0.4) is 0 Å². The molecule has 2 aromatic carbocycles. The number of hydrogen-bond donors (Lipinski definition) is 1. The van der Waals surface area contributed by atoms with Gasteiger partial charge in [-0.2, -0.15) is 0 Å². The van der Waals surface area contributed by atoms with Gasteiger partial charge in [-0.1, -0.05) is 42.1 Å². The second-order valence-electron chi connectivity index (χ2n) is 5.87. The van der Waals surface area contributed by atoms with Crippen LogP contribution >= 0.6 is 11.8 Å². The van der Waals surface area contributed by atoms with E-state index in [-0.39, 0.29) is 29.6 Å². The lowest BCUT2D eigenvalue weighted by Gasteiger charge is -2.19. The number of halogens is 1. The number of amidine groups is 1. The highest BCUT2D eigenvalue weighted by Gasteiger charge is 2.32. The van der Waals surface area contributed by atoms with Gasteiger partial charge in [0, 0.05) is 19.4 Å². The second-order valence-corrected chi connectivity index (χ2v) is 6.94. The van der Waals surface area contributed by atoms with Crippen molar-refractivity contribution in [1.82, 2.24) is 10.3 Å². The molecule has 0 radical (unpaired) electrons. The first-order valence-corrected chi connectivity index (χ1v) is 9.11. The van der Waals surface area contributed by atoms with Gasteiger partial charge in [0.05, 0.1) is 0 Å².